The zero-order valence-electron chi connectivity index (χ0n) is 13.3. The molecule has 1 aliphatic rings. The maximum absolute atomic E-state index is 12.7. The van der Waals surface area contributed by atoms with Gasteiger partial charge in [0, 0.05) is 6.54 Å². The number of rotatable bonds is 5. The van der Waals surface area contributed by atoms with Gasteiger partial charge in [-0.2, -0.15) is 0 Å². The predicted molar refractivity (Wildman–Crippen MR) is 86.4 cm³/mol. The van der Waals surface area contributed by atoms with Crippen molar-refractivity contribution in [3.8, 4) is 0 Å². The second kappa shape index (κ2) is 7.29. The standard InChI is InChI=1S/C17H25N3O2/c1-3-18-16(22)20-17(11-7-8-12-17)15(21)19-13(2)14-9-5-4-6-10-14/h4-6,9-10,13H,3,7-8,11-12H2,1-2H3,(H,19,21)(H2,18,20,22)/t13-/m1/s1. The van der Waals surface area contributed by atoms with Crippen molar-refractivity contribution in [3.05, 3.63) is 35.9 Å². The van der Waals surface area contributed by atoms with Crippen molar-refractivity contribution < 1.29 is 9.59 Å². The van der Waals surface area contributed by atoms with Crippen LogP contribution in [0, 0.1) is 0 Å². The zero-order valence-corrected chi connectivity index (χ0v) is 13.3. The lowest BCUT2D eigenvalue weighted by Crippen LogP contribution is -2.59. The summed E-state index contributed by atoms with van der Waals surface area (Å²) in [6.45, 7) is 4.37. The van der Waals surface area contributed by atoms with Gasteiger partial charge in [0.15, 0.2) is 0 Å². The third-order valence-corrected chi connectivity index (χ3v) is 4.23. The minimum absolute atomic E-state index is 0.0813. The largest absolute Gasteiger partial charge is 0.348 e. The van der Waals surface area contributed by atoms with E-state index < -0.39 is 5.54 Å². The molecule has 22 heavy (non-hydrogen) atoms. The molecule has 1 aliphatic carbocycles. The number of amides is 3. The lowest BCUT2D eigenvalue weighted by molar-refractivity contribution is -0.127. The fourth-order valence-electron chi connectivity index (χ4n) is 2.97. The van der Waals surface area contributed by atoms with E-state index in [2.05, 4.69) is 16.0 Å². The molecule has 3 N–H and O–H groups in total. The lowest BCUT2D eigenvalue weighted by Gasteiger charge is -2.30. The first-order valence-electron chi connectivity index (χ1n) is 7.99. The summed E-state index contributed by atoms with van der Waals surface area (Å²) in [5.41, 5.74) is 0.282. The van der Waals surface area contributed by atoms with Gasteiger partial charge < -0.3 is 16.0 Å². The third kappa shape index (κ3) is 3.78. The summed E-state index contributed by atoms with van der Waals surface area (Å²) in [5.74, 6) is -0.0902. The van der Waals surface area contributed by atoms with E-state index >= 15 is 0 Å². The number of hydrogen-bond donors (Lipinski definition) is 3. The van der Waals surface area contributed by atoms with E-state index in [1.54, 1.807) is 0 Å². The molecular weight excluding hydrogens is 278 g/mol. The van der Waals surface area contributed by atoms with E-state index in [1.807, 2.05) is 44.2 Å². The van der Waals surface area contributed by atoms with Crippen molar-refractivity contribution in [1.82, 2.24) is 16.0 Å². The Hall–Kier alpha value is -2.04. The highest BCUT2D eigenvalue weighted by atomic mass is 16.2. The highest BCUT2D eigenvalue weighted by Crippen LogP contribution is 2.30. The summed E-state index contributed by atoms with van der Waals surface area (Å²) >= 11 is 0. The molecule has 0 spiro atoms. The minimum Gasteiger partial charge on any atom is -0.348 e. The fourth-order valence-corrected chi connectivity index (χ4v) is 2.97. The molecule has 1 fully saturated rings. The van der Waals surface area contributed by atoms with Gasteiger partial charge in [0.25, 0.3) is 0 Å². The quantitative estimate of drug-likeness (QED) is 0.782. The average molecular weight is 303 g/mol. The highest BCUT2D eigenvalue weighted by Gasteiger charge is 2.42. The normalized spacial score (nSPS) is 17.5. The SMILES string of the molecule is CCNC(=O)NC1(C(=O)N[C@H](C)c2ccccc2)CCCC1. The van der Waals surface area contributed by atoms with Crippen LogP contribution >= 0.6 is 0 Å². The molecule has 0 radical (unpaired) electrons. The summed E-state index contributed by atoms with van der Waals surface area (Å²) in [7, 11) is 0. The summed E-state index contributed by atoms with van der Waals surface area (Å²) in [6.07, 6.45) is 3.30. The number of hydrogen-bond acceptors (Lipinski definition) is 2. The Balaban J connectivity index is 2.05. The maximum atomic E-state index is 12.7. The molecule has 2 rings (SSSR count). The van der Waals surface area contributed by atoms with Crippen molar-refractivity contribution >= 4 is 11.9 Å². The topological polar surface area (TPSA) is 70.2 Å². The molecule has 0 bridgehead atoms. The van der Waals surface area contributed by atoms with Crippen molar-refractivity contribution in [2.24, 2.45) is 0 Å². The van der Waals surface area contributed by atoms with Crippen LogP contribution in [0.2, 0.25) is 0 Å². The Labute approximate surface area is 131 Å². The first kappa shape index (κ1) is 16.3. The van der Waals surface area contributed by atoms with E-state index in [1.165, 1.54) is 0 Å². The molecule has 0 saturated heterocycles. The van der Waals surface area contributed by atoms with Gasteiger partial charge in [-0.05, 0) is 32.3 Å². The smallest absolute Gasteiger partial charge is 0.315 e. The molecule has 0 unspecified atom stereocenters. The number of carbonyl (C=O) groups excluding carboxylic acids is 2. The molecule has 0 aliphatic heterocycles. The van der Waals surface area contributed by atoms with Crippen LogP contribution in [0.3, 0.4) is 0 Å². The van der Waals surface area contributed by atoms with Crippen LogP contribution in [0.4, 0.5) is 4.79 Å². The van der Waals surface area contributed by atoms with E-state index in [9.17, 15) is 9.59 Å². The van der Waals surface area contributed by atoms with Gasteiger partial charge in [-0.25, -0.2) is 4.79 Å². The number of nitrogens with one attached hydrogen (secondary N) is 3. The third-order valence-electron chi connectivity index (χ3n) is 4.23. The van der Waals surface area contributed by atoms with Crippen molar-refractivity contribution in [1.29, 1.82) is 0 Å². The molecule has 1 saturated carbocycles. The molecule has 0 aromatic heterocycles. The fraction of sp³-hybridized carbons (Fsp3) is 0.529. The summed E-state index contributed by atoms with van der Waals surface area (Å²) < 4.78 is 0. The van der Waals surface area contributed by atoms with Crippen LogP contribution in [0.5, 0.6) is 0 Å². The monoisotopic (exact) mass is 303 g/mol. The molecular formula is C17H25N3O2. The molecule has 1 aromatic rings. The Morgan fingerprint density at radius 2 is 1.82 bits per heavy atom. The molecule has 5 heteroatoms. The molecule has 1 aromatic carbocycles. The Morgan fingerprint density at radius 3 is 2.41 bits per heavy atom. The van der Waals surface area contributed by atoms with Crippen LogP contribution in [0.25, 0.3) is 0 Å². The first-order chi connectivity index (χ1) is 10.6. The van der Waals surface area contributed by atoms with Gasteiger partial charge in [0.05, 0.1) is 6.04 Å². The molecule has 5 nitrogen and oxygen atoms in total. The minimum atomic E-state index is -0.776. The van der Waals surface area contributed by atoms with Gasteiger partial charge >= 0.3 is 6.03 Å². The molecule has 120 valence electrons. The van der Waals surface area contributed by atoms with Crippen molar-refractivity contribution in [2.45, 2.75) is 51.1 Å². The number of urea groups is 1. The van der Waals surface area contributed by atoms with Crippen molar-refractivity contribution in [2.75, 3.05) is 6.54 Å². The summed E-state index contributed by atoms with van der Waals surface area (Å²) in [6, 6.07) is 9.49. The Bertz CT molecular complexity index is 510. The highest BCUT2D eigenvalue weighted by molar-refractivity contribution is 5.91. The predicted octanol–water partition coefficient (Wildman–Crippen LogP) is 2.50. The van der Waals surface area contributed by atoms with Crippen LogP contribution in [0.1, 0.15) is 51.1 Å². The Kier molecular flexibility index (Phi) is 5.41. The summed E-state index contributed by atoms with van der Waals surface area (Å²) in [5, 5.41) is 8.64. The zero-order chi connectivity index (χ0) is 16.0. The van der Waals surface area contributed by atoms with Crippen molar-refractivity contribution in [3.63, 3.8) is 0 Å². The number of benzene rings is 1. The second-order valence-corrected chi connectivity index (χ2v) is 5.88. The van der Waals surface area contributed by atoms with Crippen LogP contribution in [-0.2, 0) is 4.79 Å². The van der Waals surface area contributed by atoms with Gasteiger partial charge in [-0.3, -0.25) is 4.79 Å². The van der Waals surface area contributed by atoms with Crippen LogP contribution < -0.4 is 16.0 Å². The first-order valence-corrected chi connectivity index (χ1v) is 7.99. The average Bonchev–Trinajstić information content (AvgIpc) is 2.98. The molecule has 0 heterocycles. The van der Waals surface area contributed by atoms with Gasteiger partial charge in [-0.15, -0.1) is 0 Å². The molecule has 3 amide bonds. The summed E-state index contributed by atoms with van der Waals surface area (Å²) in [4.78, 5) is 24.6. The van der Waals surface area contributed by atoms with E-state index in [0.717, 1.165) is 18.4 Å². The lowest BCUT2D eigenvalue weighted by atomic mass is 9.95. The van der Waals surface area contributed by atoms with Crippen LogP contribution in [-0.4, -0.2) is 24.0 Å². The van der Waals surface area contributed by atoms with Gasteiger partial charge in [-0.1, -0.05) is 43.2 Å². The van der Waals surface area contributed by atoms with Crippen LogP contribution in [0.15, 0.2) is 30.3 Å². The molecule has 1 atom stereocenters. The van der Waals surface area contributed by atoms with E-state index in [0.29, 0.717) is 19.4 Å². The maximum Gasteiger partial charge on any atom is 0.315 e. The van der Waals surface area contributed by atoms with E-state index in [4.69, 9.17) is 0 Å². The van der Waals surface area contributed by atoms with Gasteiger partial charge in [0.1, 0.15) is 5.54 Å². The number of carbonyl (C=O) groups is 2. The second-order valence-electron chi connectivity index (χ2n) is 5.88. The Morgan fingerprint density at radius 1 is 1.18 bits per heavy atom. The van der Waals surface area contributed by atoms with E-state index in [-0.39, 0.29) is 18.0 Å². The van der Waals surface area contributed by atoms with Gasteiger partial charge in [0.2, 0.25) is 5.91 Å².